The number of benzene rings is 1. The largest absolute Gasteiger partial charge is 0.467 e. The minimum Gasteiger partial charge on any atom is -0.467 e. The Balaban J connectivity index is 2.70. The average Bonchev–Trinajstić information content (AvgIpc) is 2.35. The second-order valence-corrected chi connectivity index (χ2v) is 4.07. The van der Waals surface area contributed by atoms with E-state index in [1.165, 1.54) is 7.11 Å². The van der Waals surface area contributed by atoms with E-state index in [9.17, 15) is 4.79 Å². The Morgan fingerprint density at radius 2 is 1.94 bits per heavy atom. The van der Waals surface area contributed by atoms with Crippen molar-refractivity contribution in [1.82, 2.24) is 0 Å². The number of rotatable bonds is 5. The van der Waals surface area contributed by atoms with Crippen molar-refractivity contribution >= 4 is 17.3 Å². The number of ether oxygens (including phenoxy) is 1. The Hall–Kier alpha value is -1.71. The molecule has 0 aliphatic rings. The van der Waals surface area contributed by atoms with Crippen LogP contribution >= 0.6 is 0 Å². The Morgan fingerprint density at radius 3 is 2.35 bits per heavy atom. The van der Waals surface area contributed by atoms with Crippen LogP contribution in [-0.2, 0) is 9.53 Å². The van der Waals surface area contributed by atoms with Crippen LogP contribution in [0.5, 0.6) is 0 Å². The topological polar surface area (TPSA) is 41.6 Å². The van der Waals surface area contributed by atoms with Gasteiger partial charge in [-0.15, -0.1) is 0 Å². The molecule has 1 aromatic carbocycles. The molecule has 0 saturated heterocycles. The first-order valence-electron chi connectivity index (χ1n) is 5.70. The molecule has 0 aliphatic heterocycles. The third kappa shape index (κ3) is 3.66. The van der Waals surface area contributed by atoms with Crippen LogP contribution in [0.4, 0.5) is 11.4 Å². The summed E-state index contributed by atoms with van der Waals surface area (Å²) in [6.07, 6.45) is 0.697. The summed E-state index contributed by atoms with van der Waals surface area (Å²) in [4.78, 5) is 13.5. The maximum Gasteiger partial charge on any atom is 0.328 e. The summed E-state index contributed by atoms with van der Waals surface area (Å²) in [5.41, 5.74) is 2.05. The molecular formula is C13H20N2O2. The zero-order chi connectivity index (χ0) is 12.8. The molecule has 4 nitrogen and oxygen atoms in total. The van der Waals surface area contributed by atoms with Crippen LogP contribution in [0.15, 0.2) is 24.3 Å². The summed E-state index contributed by atoms with van der Waals surface area (Å²) in [7, 11) is 5.39. The molecule has 0 saturated carbocycles. The number of hydrogen-bond acceptors (Lipinski definition) is 4. The quantitative estimate of drug-likeness (QED) is 0.795. The van der Waals surface area contributed by atoms with Gasteiger partial charge in [0, 0.05) is 25.5 Å². The second kappa shape index (κ2) is 6.13. The van der Waals surface area contributed by atoms with Gasteiger partial charge in [0.1, 0.15) is 6.04 Å². The fraction of sp³-hybridized carbons (Fsp3) is 0.462. The Labute approximate surface area is 103 Å². The van der Waals surface area contributed by atoms with Crippen molar-refractivity contribution in [3.63, 3.8) is 0 Å². The van der Waals surface area contributed by atoms with E-state index >= 15 is 0 Å². The molecule has 17 heavy (non-hydrogen) atoms. The van der Waals surface area contributed by atoms with Crippen LogP contribution in [0.1, 0.15) is 13.3 Å². The van der Waals surface area contributed by atoms with Crippen LogP contribution < -0.4 is 10.2 Å². The van der Waals surface area contributed by atoms with Crippen molar-refractivity contribution in [3.8, 4) is 0 Å². The molecule has 4 heteroatoms. The zero-order valence-corrected chi connectivity index (χ0v) is 10.9. The third-order valence-corrected chi connectivity index (χ3v) is 2.62. The van der Waals surface area contributed by atoms with Gasteiger partial charge in [-0.05, 0) is 30.7 Å². The predicted molar refractivity (Wildman–Crippen MR) is 70.5 cm³/mol. The van der Waals surface area contributed by atoms with Crippen molar-refractivity contribution in [3.05, 3.63) is 24.3 Å². The standard InChI is InChI=1S/C13H20N2O2/c1-5-12(13(16)17-4)14-10-6-8-11(9-7-10)15(2)3/h6-9,12,14H,5H2,1-4H3. The smallest absolute Gasteiger partial charge is 0.328 e. The number of nitrogens with zero attached hydrogens (tertiary/aromatic N) is 1. The monoisotopic (exact) mass is 236 g/mol. The molecule has 1 N–H and O–H groups in total. The summed E-state index contributed by atoms with van der Waals surface area (Å²) in [6.45, 7) is 1.95. The molecule has 1 unspecified atom stereocenters. The molecule has 0 bridgehead atoms. The first-order valence-corrected chi connectivity index (χ1v) is 5.70. The summed E-state index contributed by atoms with van der Waals surface area (Å²) in [5, 5.41) is 3.15. The van der Waals surface area contributed by atoms with Crippen LogP contribution in [0.3, 0.4) is 0 Å². The highest BCUT2D eigenvalue weighted by Gasteiger charge is 2.16. The van der Waals surface area contributed by atoms with Crippen molar-refractivity contribution in [2.75, 3.05) is 31.4 Å². The van der Waals surface area contributed by atoms with E-state index in [0.29, 0.717) is 6.42 Å². The fourth-order valence-corrected chi connectivity index (χ4v) is 1.53. The van der Waals surface area contributed by atoms with Crippen molar-refractivity contribution < 1.29 is 9.53 Å². The van der Waals surface area contributed by atoms with Gasteiger partial charge in [-0.3, -0.25) is 0 Å². The maximum absolute atomic E-state index is 11.4. The molecule has 0 fully saturated rings. The van der Waals surface area contributed by atoms with E-state index in [2.05, 4.69) is 5.32 Å². The zero-order valence-electron chi connectivity index (χ0n) is 10.9. The van der Waals surface area contributed by atoms with Gasteiger partial charge in [0.2, 0.25) is 0 Å². The molecular weight excluding hydrogens is 216 g/mol. The fourth-order valence-electron chi connectivity index (χ4n) is 1.53. The first kappa shape index (κ1) is 13.4. The minimum absolute atomic E-state index is 0.232. The Kier molecular flexibility index (Phi) is 4.82. The molecule has 0 radical (unpaired) electrons. The first-order chi connectivity index (χ1) is 8.08. The van der Waals surface area contributed by atoms with Crippen molar-refractivity contribution in [2.24, 2.45) is 0 Å². The van der Waals surface area contributed by atoms with E-state index in [0.717, 1.165) is 11.4 Å². The number of carbonyl (C=O) groups excluding carboxylic acids is 1. The molecule has 0 aromatic heterocycles. The van der Waals surface area contributed by atoms with Gasteiger partial charge >= 0.3 is 5.97 Å². The van der Waals surface area contributed by atoms with Crippen molar-refractivity contribution in [1.29, 1.82) is 0 Å². The third-order valence-electron chi connectivity index (χ3n) is 2.62. The summed E-state index contributed by atoms with van der Waals surface area (Å²) in [5.74, 6) is -0.232. The highest BCUT2D eigenvalue weighted by atomic mass is 16.5. The lowest BCUT2D eigenvalue weighted by atomic mass is 10.2. The van der Waals surface area contributed by atoms with Crippen LogP contribution in [0, 0.1) is 0 Å². The Morgan fingerprint density at radius 1 is 1.35 bits per heavy atom. The van der Waals surface area contributed by atoms with E-state index in [-0.39, 0.29) is 12.0 Å². The SMILES string of the molecule is CCC(Nc1ccc(N(C)C)cc1)C(=O)OC. The van der Waals surface area contributed by atoms with Gasteiger partial charge in [-0.1, -0.05) is 6.92 Å². The van der Waals surface area contributed by atoms with Crippen LogP contribution in [0.25, 0.3) is 0 Å². The second-order valence-electron chi connectivity index (χ2n) is 4.07. The molecule has 0 spiro atoms. The highest BCUT2D eigenvalue weighted by molar-refractivity contribution is 5.79. The molecule has 1 aromatic rings. The lowest BCUT2D eigenvalue weighted by Crippen LogP contribution is -2.29. The number of methoxy groups -OCH3 is 1. The highest BCUT2D eigenvalue weighted by Crippen LogP contribution is 2.17. The van der Waals surface area contributed by atoms with Crippen LogP contribution in [0.2, 0.25) is 0 Å². The van der Waals surface area contributed by atoms with Crippen LogP contribution in [-0.4, -0.2) is 33.2 Å². The van der Waals surface area contributed by atoms with Gasteiger partial charge in [0.25, 0.3) is 0 Å². The average molecular weight is 236 g/mol. The molecule has 0 heterocycles. The molecule has 0 amide bonds. The summed E-state index contributed by atoms with van der Waals surface area (Å²) in [6, 6.07) is 7.64. The van der Waals surface area contributed by atoms with E-state index < -0.39 is 0 Å². The van der Waals surface area contributed by atoms with Gasteiger partial charge < -0.3 is 15.0 Å². The van der Waals surface area contributed by atoms with Crippen molar-refractivity contribution in [2.45, 2.75) is 19.4 Å². The number of nitrogens with one attached hydrogen (secondary N) is 1. The number of anilines is 2. The lowest BCUT2D eigenvalue weighted by Gasteiger charge is -2.17. The van der Waals surface area contributed by atoms with E-state index in [1.54, 1.807) is 0 Å². The Bertz CT molecular complexity index is 360. The maximum atomic E-state index is 11.4. The number of esters is 1. The molecule has 1 rings (SSSR count). The summed E-state index contributed by atoms with van der Waals surface area (Å²) >= 11 is 0. The van der Waals surface area contributed by atoms with Gasteiger partial charge in [-0.2, -0.15) is 0 Å². The van der Waals surface area contributed by atoms with E-state index in [1.807, 2.05) is 50.2 Å². The van der Waals surface area contributed by atoms with Gasteiger partial charge in [-0.25, -0.2) is 4.79 Å². The molecule has 1 atom stereocenters. The van der Waals surface area contributed by atoms with Gasteiger partial charge in [0.15, 0.2) is 0 Å². The molecule has 94 valence electrons. The molecule has 0 aliphatic carbocycles. The lowest BCUT2D eigenvalue weighted by molar-refractivity contribution is -0.141. The number of carbonyl (C=O) groups is 1. The van der Waals surface area contributed by atoms with E-state index in [4.69, 9.17) is 4.74 Å². The predicted octanol–water partition coefficient (Wildman–Crippen LogP) is 2.12. The number of hydrogen-bond donors (Lipinski definition) is 1. The minimum atomic E-state index is -0.287. The summed E-state index contributed by atoms with van der Waals surface area (Å²) < 4.78 is 4.73. The normalized spacial score (nSPS) is 11.8. The van der Waals surface area contributed by atoms with Gasteiger partial charge in [0.05, 0.1) is 7.11 Å².